The SMILES string of the molecule is CC(CCc1ccccc1)N1CCN(c2cccc(C(F)(F)F)c2)CC1. The van der Waals surface area contributed by atoms with E-state index in [0.29, 0.717) is 11.7 Å². The average Bonchev–Trinajstić information content (AvgIpc) is 2.66. The minimum Gasteiger partial charge on any atom is -0.369 e. The Balaban J connectivity index is 1.52. The van der Waals surface area contributed by atoms with Gasteiger partial charge in [0.15, 0.2) is 0 Å². The predicted molar refractivity (Wildman–Crippen MR) is 99.5 cm³/mol. The van der Waals surface area contributed by atoms with E-state index in [1.165, 1.54) is 17.7 Å². The van der Waals surface area contributed by atoms with Crippen LogP contribution < -0.4 is 4.90 Å². The molecule has 0 bridgehead atoms. The third-order valence-corrected chi connectivity index (χ3v) is 5.17. The van der Waals surface area contributed by atoms with Crippen molar-refractivity contribution in [3.8, 4) is 0 Å². The fourth-order valence-electron chi connectivity index (χ4n) is 3.50. The van der Waals surface area contributed by atoms with Crippen molar-refractivity contribution in [2.45, 2.75) is 32.0 Å². The number of anilines is 1. The lowest BCUT2D eigenvalue weighted by molar-refractivity contribution is -0.137. The van der Waals surface area contributed by atoms with Crippen LogP contribution in [-0.2, 0) is 12.6 Å². The second-order valence-electron chi connectivity index (χ2n) is 6.94. The van der Waals surface area contributed by atoms with E-state index < -0.39 is 11.7 Å². The van der Waals surface area contributed by atoms with Gasteiger partial charge < -0.3 is 4.90 Å². The van der Waals surface area contributed by atoms with Gasteiger partial charge in [-0.15, -0.1) is 0 Å². The van der Waals surface area contributed by atoms with Crippen molar-refractivity contribution in [1.82, 2.24) is 4.90 Å². The highest BCUT2D eigenvalue weighted by Crippen LogP contribution is 2.32. The van der Waals surface area contributed by atoms with Crippen LogP contribution in [0.2, 0.25) is 0 Å². The Hall–Kier alpha value is -2.01. The average molecular weight is 362 g/mol. The molecule has 26 heavy (non-hydrogen) atoms. The number of halogens is 3. The minimum atomic E-state index is -4.29. The van der Waals surface area contributed by atoms with Crippen LogP contribution in [0.4, 0.5) is 18.9 Å². The Kier molecular flexibility index (Phi) is 5.87. The predicted octanol–water partition coefficient (Wildman–Crippen LogP) is 4.85. The molecule has 1 unspecified atom stereocenters. The van der Waals surface area contributed by atoms with Gasteiger partial charge >= 0.3 is 6.18 Å². The zero-order valence-electron chi connectivity index (χ0n) is 15.0. The van der Waals surface area contributed by atoms with Gasteiger partial charge in [-0.05, 0) is 43.5 Å². The number of aryl methyl sites for hydroxylation is 1. The molecule has 0 amide bonds. The first-order valence-corrected chi connectivity index (χ1v) is 9.13. The molecule has 1 atom stereocenters. The van der Waals surface area contributed by atoms with Crippen LogP contribution in [0.25, 0.3) is 0 Å². The summed E-state index contributed by atoms with van der Waals surface area (Å²) in [5, 5.41) is 0. The van der Waals surface area contributed by atoms with Gasteiger partial charge in [-0.25, -0.2) is 0 Å². The molecule has 140 valence electrons. The molecule has 1 aliphatic heterocycles. The van der Waals surface area contributed by atoms with Crippen LogP contribution in [-0.4, -0.2) is 37.1 Å². The Morgan fingerprint density at radius 1 is 0.923 bits per heavy atom. The summed E-state index contributed by atoms with van der Waals surface area (Å²) in [6, 6.07) is 16.6. The number of benzene rings is 2. The van der Waals surface area contributed by atoms with Crippen molar-refractivity contribution in [2.24, 2.45) is 0 Å². The van der Waals surface area contributed by atoms with E-state index in [9.17, 15) is 13.2 Å². The molecule has 2 aromatic rings. The van der Waals surface area contributed by atoms with Gasteiger partial charge in [-0.2, -0.15) is 13.2 Å². The first kappa shape index (κ1) is 18.8. The van der Waals surface area contributed by atoms with Crippen LogP contribution in [0.1, 0.15) is 24.5 Å². The first-order valence-electron chi connectivity index (χ1n) is 9.13. The highest BCUT2D eigenvalue weighted by molar-refractivity contribution is 5.49. The van der Waals surface area contributed by atoms with E-state index in [-0.39, 0.29) is 0 Å². The van der Waals surface area contributed by atoms with Crippen LogP contribution in [0.3, 0.4) is 0 Å². The molecule has 0 radical (unpaired) electrons. The molecule has 1 saturated heterocycles. The second kappa shape index (κ2) is 8.12. The molecule has 1 heterocycles. The van der Waals surface area contributed by atoms with Crippen LogP contribution in [0, 0.1) is 0 Å². The number of nitrogens with zero attached hydrogens (tertiary/aromatic N) is 2. The summed E-state index contributed by atoms with van der Waals surface area (Å²) in [6.07, 6.45) is -2.15. The zero-order valence-corrected chi connectivity index (χ0v) is 15.0. The van der Waals surface area contributed by atoms with Crippen molar-refractivity contribution >= 4 is 5.69 Å². The van der Waals surface area contributed by atoms with Gasteiger partial charge in [0.2, 0.25) is 0 Å². The summed E-state index contributed by atoms with van der Waals surface area (Å²) < 4.78 is 38.7. The summed E-state index contributed by atoms with van der Waals surface area (Å²) in [5.41, 5.74) is 1.44. The third-order valence-electron chi connectivity index (χ3n) is 5.17. The van der Waals surface area contributed by atoms with E-state index in [1.54, 1.807) is 6.07 Å². The summed E-state index contributed by atoms with van der Waals surface area (Å²) in [6.45, 7) is 5.52. The lowest BCUT2D eigenvalue weighted by atomic mass is 10.0. The standard InChI is InChI=1S/C21H25F3N2/c1-17(10-11-18-6-3-2-4-7-18)25-12-14-26(15-13-25)20-9-5-8-19(16-20)21(22,23)24/h2-9,16-17H,10-15H2,1H3. The Labute approximate surface area is 153 Å². The summed E-state index contributed by atoms with van der Waals surface area (Å²) in [4.78, 5) is 4.49. The summed E-state index contributed by atoms with van der Waals surface area (Å²) in [7, 11) is 0. The zero-order chi connectivity index (χ0) is 18.6. The largest absolute Gasteiger partial charge is 0.416 e. The van der Waals surface area contributed by atoms with E-state index in [0.717, 1.165) is 45.1 Å². The fourth-order valence-corrected chi connectivity index (χ4v) is 3.50. The molecule has 1 fully saturated rings. The molecule has 2 nitrogen and oxygen atoms in total. The van der Waals surface area contributed by atoms with Gasteiger partial charge in [-0.1, -0.05) is 36.4 Å². The van der Waals surface area contributed by atoms with Crippen molar-refractivity contribution in [3.63, 3.8) is 0 Å². The quantitative estimate of drug-likeness (QED) is 0.750. The molecule has 0 N–H and O–H groups in total. The van der Waals surface area contributed by atoms with Crippen molar-refractivity contribution in [1.29, 1.82) is 0 Å². The summed E-state index contributed by atoms with van der Waals surface area (Å²) in [5.74, 6) is 0. The molecule has 0 spiro atoms. The van der Waals surface area contributed by atoms with Gasteiger partial charge in [0.1, 0.15) is 0 Å². The van der Waals surface area contributed by atoms with E-state index >= 15 is 0 Å². The first-order chi connectivity index (χ1) is 12.4. The molecule has 0 aliphatic carbocycles. The highest BCUT2D eigenvalue weighted by Gasteiger charge is 2.31. The Morgan fingerprint density at radius 2 is 1.62 bits per heavy atom. The maximum Gasteiger partial charge on any atom is 0.416 e. The minimum absolute atomic E-state index is 0.471. The molecular weight excluding hydrogens is 337 g/mol. The number of piperazine rings is 1. The number of rotatable bonds is 5. The molecule has 5 heteroatoms. The van der Waals surface area contributed by atoms with Gasteiger partial charge in [0, 0.05) is 37.9 Å². The maximum atomic E-state index is 12.9. The van der Waals surface area contributed by atoms with Crippen LogP contribution in [0.5, 0.6) is 0 Å². The molecule has 2 aromatic carbocycles. The van der Waals surface area contributed by atoms with Gasteiger partial charge in [0.05, 0.1) is 5.56 Å². The van der Waals surface area contributed by atoms with Crippen molar-refractivity contribution < 1.29 is 13.2 Å². The Bertz CT molecular complexity index is 692. The number of hydrogen-bond acceptors (Lipinski definition) is 2. The van der Waals surface area contributed by atoms with E-state index in [2.05, 4.69) is 41.0 Å². The molecule has 0 aromatic heterocycles. The topological polar surface area (TPSA) is 6.48 Å². The monoisotopic (exact) mass is 362 g/mol. The maximum absolute atomic E-state index is 12.9. The molecular formula is C21H25F3N2. The van der Waals surface area contributed by atoms with E-state index in [1.807, 2.05) is 6.07 Å². The molecule has 0 saturated carbocycles. The van der Waals surface area contributed by atoms with Gasteiger partial charge in [0.25, 0.3) is 0 Å². The third kappa shape index (κ3) is 4.79. The summed E-state index contributed by atoms with van der Waals surface area (Å²) >= 11 is 0. The van der Waals surface area contributed by atoms with Crippen molar-refractivity contribution in [3.05, 3.63) is 65.7 Å². The van der Waals surface area contributed by atoms with Crippen molar-refractivity contribution in [2.75, 3.05) is 31.1 Å². The number of alkyl halides is 3. The normalized spacial score (nSPS) is 17.3. The van der Waals surface area contributed by atoms with Gasteiger partial charge in [-0.3, -0.25) is 4.90 Å². The highest BCUT2D eigenvalue weighted by atomic mass is 19.4. The van der Waals surface area contributed by atoms with Crippen LogP contribution >= 0.6 is 0 Å². The lowest BCUT2D eigenvalue weighted by Gasteiger charge is -2.39. The van der Waals surface area contributed by atoms with E-state index in [4.69, 9.17) is 0 Å². The second-order valence-corrected chi connectivity index (χ2v) is 6.94. The fraction of sp³-hybridized carbons (Fsp3) is 0.429. The van der Waals surface area contributed by atoms with Crippen LogP contribution in [0.15, 0.2) is 54.6 Å². The molecule has 1 aliphatic rings. The lowest BCUT2D eigenvalue weighted by Crippen LogP contribution is -2.49. The smallest absolute Gasteiger partial charge is 0.369 e. The molecule has 3 rings (SSSR count). The number of hydrogen-bond donors (Lipinski definition) is 0. The Morgan fingerprint density at radius 3 is 2.27 bits per heavy atom.